The highest BCUT2D eigenvalue weighted by atomic mass is 79.9. The number of benzene rings is 1. The fourth-order valence-corrected chi connectivity index (χ4v) is 2.08. The second-order valence-corrected chi connectivity index (χ2v) is 4.82. The van der Waals surface area contributed by atoms with Gasteiger partial charge in [-0.1, -0.05) is 48.0 Å². The zero-order valence-corrected chi connectivity index (χ0v) is 9.98. The second-order valence-electron chi connectivity index (χ2n) is 4.02. The minimum absolute atomic E-state index is 0.0465. The summed E-state index contributed by atoms with van der Waals surface area (Å²) in [5, 5.41) is 0. The van der Waals surface area contributed by atoms with Crippen LogP contribution >= 0.6 is 15.9 Å². The standard InChI is InChI=1S/C11H16BrN/c1-8-5-4-6-9(10(8)12)11(2,3)7-13/h4-6H,7,13H2,1-3H3. The predicted molar refractivity (Wildman–Crippen MR) is 61.0 cm³/mol. The van der Waals surface area contributed by atoms with Crippen molar-refractivity contribution in [1.82, 2.24) is 0 Å². The summed E-state index contributed by atoms with van der Waals surface area (Å²) in [5.41, 5.74) is 8.33. The van der Waals surface area contributed by atoms with Crippen LogP contribution in [0.25, 0.3) is 0 Å². The summed E-state index contributed by atoms with van der Waals surface area (Å²) in [6, 6.07) is 6.30. The van der Waals surface area contributed by atoms with Crippen LogP contribution in [-0.4, -0.2) is 6.54 Å². The first-order chi connectivity index (χ1) is 5.99. The van der Waals surface area contributed by atoms with Crippen molar-refractivity contribution in [2.75, 3.05) is 6.54 Å². The van der Waals surface area contributed by atoms with Gasteiger partial charge in [-0.05, 0) is 18.1 Å². The van der Waals surface area contributed by atoms with Gasteiger partial charge < -0.3 is 5.73 Å². The lowest BCUT2D eigenvalue weighted by Gasteiger charge is -2.25. The third-order valence-electron chi connectivity index (χ3n) is 2.43. The van der Waals surface area contributed by atoms with Crippen LogP contribution in [0.3, 0.4) is 0 Å². The van der Waals surface area contributed by atoms with Crippen LogP contribution in [0.2, 0.25) is 0 Å². The fraction of sp³-hybridized carbons (Fsp3) is 0.455. The lowest BCUT2D eigenvalue weighted by Crippen LogP contribution is -2.28. The average Bonchev–Trinajstić information content (AvgIpc) is 2.09. The first-order valence-electron chi connectivity index (χ1n) is 4.44. The molecule has 13 heavy (non-hydrogen) atoms. The molecular weight excluding hydrogens is 226 g/mol. The monoisotopic (exact) mass is 241 g/mol. The highest BCUT2D eigenvalue weighted by Gasteiger charge is 2.21. The molecule has 0 aliphatic rings. The van der Waals surface area contributed by atoms with Crippen molar-refractivity contribution in [1.29, 1.82) is 0 Å². The molecule has 0 amide bonds. The van der Waals surface area contributed by atoms with E-state index in [1.807, 2.05) is 0 Å². The molecule has 0 saturated heterocycles. The Morgan fingerprint density at radius 1 is 1.38 bits per heavy atom. The molecule has 1 aromatic rings. The van der Waals surface area contributed by atoms with Crippen LogP contribution in [0.1, 0.15) is 25.0 Å². The first kappa shape index (κ1) is 10.7. The minimum atomic E-state index is 0.0465. The Morgan fingerprint density at radius 2 is 2.00 bits per heavy atom. The Hall–Kier alpha value is -0.340. The third-order valence-corrected chi connectivity index (χ3v) is 3.48. The first-order valence-corrected chi connectivity index (χ1v) is 5.24. The molecule has 0 heterocycles. The number of halogens is 1. The number of hydrogen-bond acceptors (Lipinski definition) is 1. The van der Waals surface area contributed by atoms with Crippen molar-refractivity contribution >= 4 is 15.9 Å². The minimum Gasteiger partial charge on any atom is -0.330 e. The van der Waals surface area contributed by atoms with E-state index in [2.05, 4.69) is 54.9 Å². The quantitative estimate of drug-likeness (QED) is 0.847. The van der Waals surface area contributed by atoms with Gasteiger partial charge in [-0.15, -0.1) is 0 Å². The van der Waals surface area contributed by atoms with Crippen LogP contribution < -0.4 is 5.73 Å². The van der Waals surface area contributed by atoms with E-state index in [1.165, 1.54) is 15.6 Å². The van der Waals surface area contributed by atoms with Crippen molar-refractivity contribution in [2.24, 2.45) is 5.73 Å². The summed E-state index contributed by atoms with van der Waals surface area (Å²) in [5.74, 6) is 0. The van der Waals surface area contributed by atoms with Crippen molar-refractivity contribution in [3.05, 3.63) is 33.8 Å². The molecule has 0 aromatic heterocycles. The van der Waals surface area contributed by atoms with Gasteiger partial charge in [0.2, 0.25) is 0 Å². The molecule has 0 fully saturated rings. The summed E-state index contributed by atoms with van der Waals surface area (Å²) in [6.45, 7) is 7.08. The van der Waals surface area contributed by atoms with Crippen molar-refractivity contribution in [3.63, 3.8) is 0 Å². The van der Waals surface area contributed by atoms with E-state index >= 15 is 0 Å². The highest BCUT2D eigenvalue weighted by molar-refractivity contribution is 9.10. The van der Waals surface area contributed by atoms with Crippen LogP contribution in [-0.2, 0) is 5.41 Å². The Kier molecular flexibility index (Phi) is 3.14. The van der Waals surface area contributed by atoms with Crippen LogP contribution in [0, 0.1) is 6.92 Å². The maximum atomic E-state index is 5.74. The molecule has 0 aliphatic heterocycles. The molecule has 0 aliphatic carbocycles. The lowest BCUT2D eigenvalue weighted by atomic mass is 9.84. The van der Waals surface area contributed by atoms with Crippen molar-refractivity contribution in [2.45, 2.75) is 26.2 Å². The Morgan fingerprint density at radius 3 is 2.54 bits per heavy atom. The normalized spacial score (nSPS) is 11.8. The van der Waals surface area contributed by atoms with Gasteiger partial charge >= 0.3 is 0 Å². The van der Waals surface area contributed by atoms with E-state index < -0.39 is 0 Å². The average molecular weight is 242 g/mol. The zero-order valence-electron chi connectivity index (χ0n) is 8.39. The molecule has 0 unspecified atom stereocenters. The molecule has 1 nitrogen and oxygen atoms in total. The Bertz CT molecular complexity index is 305. The Labute approximate surface area is 88.5 Å². The van der Waals surface area contributed by atoms with Gasteiger partial charge in [0.1, 0.15) is 0 Å². The van der Waals surface area contributed by atoms with E-state index in [4.69, 9.17) is 5.73 Å². The molecule has 0 saturated carbocycles. The molecular formula is C11H16BrN. The number of hydrogen-bond donors (Lipinski definition) is 1. The van der Waals surface area contributed by atoms with Crippen molar-refractivity contribution < 1.29 is 0 Å². The van der Waals surface area contributed by atoms with E-state index in [0.29, 0.717) is 6.54 Å². The largest absolute Gasteiger partial charge is 0.330 e. The molecule has 2 heteroatoms. The molecule has 0 bridgehead atoms. The smallest absolute Gasteiger partial charge is 0.0242 e. The van der Waals surface area contributed by atoms with Gasteiger partial charge in [0.05, 0.1) is 0 Å². The van der Waals surface area contributed by atoms with Gasteiger partial charge in [0.25, 0.3) is 0 Å². The summed E-state index contributed by atoms with van der Waals surface area (Å²) in [4.78, 5) is 0. The fourth-order valence-electron chi connectivity index (χ4n) is 1.28. The van der Waals surface area contributed by atoms with Gasteiger partial charge in [-0.25, -0.2) is 0 Å². The summed E-state index contributed by atoms with van der Waals surface area (Å²) in [7, 11) is 0. The molecule has 72 valence electrons. The number of nitrogens with two attached hydrogens (primary N) is 1. The van der Waals surface area contributed by atoms with Gasteiger partial charge in [-0.3, -0.25) is 0 Å². The number of aryl methyl sites for hydroxylation is 1. The van der Waals surface area contributed by atoms with Crippen LogP contribution in [0.4, 0.5) is 0 Å². The molecule has 1 rings (SSSR count). The summed E-state index contributed by atoms with van der Waals surface area (Å²) < 4.78 is 1.19. The topological polar surface area (TPSA) is 26.0 Å². The molecule has 0 spiro atoms. The second kappa shape index (κ2) is 3.81. The van der Waals surface area contributed by atoms with E-state index in [1.54, 1.807) is 0 Å². The predicted octanol–water partition coefficient (Wildman–Crippen LogP) is 2.99. The van der Waals surface area contributed by atoms with Gasteiger partial charge in [0.15, 0.2) is 0 Å². The summed E-state index contributed by atoms with van der Waals surface area (Å²) >= 11 is 3.60. The van der Waals surface area contributed by atoms with Gasteiger partial charge in [-0.2, -0.15) is 0 Å². The SMILES string of the molecule is Cc1cccc(C(C)(C)CN)c1Br. The zero-order chi connectivity index (χ0) is 10.1. The van der Waals surface area contributed by atoms with E-state index in [9.17, 15) is 0 Å². The number of rotatable bonds is 2. The lowest BCUT2D eigenvalue weighted by molar-refractivity contribution is 0.536. The molecule has 1 aromatic carbocycles. The molecule has 0 atom stereocenters. The maximum Gasteiger partial charge on any atom is 0.0242 e. The van der Waals surface area contributed by atoms with Crippen LogP contribution in [0.15, 0.2) is 22.7 Å². The van der Waals surface area contributed by atoms with Gasteiger partial charge in [0, 0.05) is 16.4 Å². The third kappa shape index (κ3) is 2.12. The van der Waals surface area contributed by atoms with E-state index in [-0.39, 0.29) is 5.41 Å². The Balaban J connectivity index is 3.22. The van der Waals surface area contributed by atoms with Crippen molar-refractivity contribution in [3.8, 4) is 0 Å². The highest BCUT2D eigenvalue weighted by Crippen LogP contribution is 2.31. The molecule has 2 N–H and O–H groups in total. The summed E-state index contributed by atoms with van der Waals surface area (Å²) in [6.07, 6.45) is 0. The van der Waals surface area contributed by atoms with E-state index in [0.717, 1.165) is 0 Å². The maximum absolute atomic E-state index is 5.74. The van der Waals surface area contributed by atoms with Crippen LogP contribution in [0.5, 0.6) is 0 Å². The molecule has 0 radical (unpaired) electrons.